The number of benzene rings is 2. The average molecular weight is 337 g/mol. The van der Waals surface area contributed by atoms with Crippen molar-refractivity contribution in [2.45, 2.75) is 19.1 Å². The number of carbonyl (C=O) groups is 1. The van der Waals surface area contributed by atoms with Crippen LogP contribution < -0.4 is 15.4 Å². The van der Waals surface area contributed by atoms with Gasteiger partial charge in [-0.2, -0.15) is 0 Å². The molecule has 0 saturated carbocycles. The zero-order valence-corrected chi connectivity index (χ0v) is 13.3. The third-order valence-electron chi connectivity index (χ3n) is 3.71. The number of hydrogen-bond donors (Lipinski definition) is 1. The molecular weight excluding hydrogens is 319 g/mol. The smallest absolute Gasteiger partial charge is 0.243 e. The first-order chi connectivity index (χ1) is 10.6. The molecule has 2 aromatic rings. The molecule has 4 nitrogen and oxygen atoms in total. The molecule has 2 N–H and O–H groups in total. The fourth-order valence-corrected chi connectivity index (χ4v) is 2.43. The minimum absolute atomic E-state index is 0. The standard InChI is InChI=1S/C17H17FN2O2.ClH/c18-13-3-1-12(2-4-13)11-22-15-7-5-14(6-8-15)20-10-9-16(19)17(20)21;/h1-8,16H,9-11,19H2;1H. The number of ether oxygens (including phenoxy) is 1. The molecular formula is C17H18ClFN2O2. The predicted octanol–water partition coefficient (Wildman–Crippen LogP) is 2.89. The Bertz CT molecular complexity index is 661. The van der Waals surface area contributed by atoms with Gasteiger partial charge < -0.3 is 15.4 Å². The van der Waals surface area contributed by atoms with E-state index < -0.39 is 6.04 Å². The first-order valence-electron chi connectivity index (χ1n) is 7.18. The number of amides is 1. The van der Waals surface area contributed by atoms with Crippen molar-refractivity contribution in [3.05, 3.63) is 59.9 Å². The first kappa shape index (κ1) is 17.2. The summed E-state index contributed by atoms with van der Waals surface area (Å²) in [5, 5.41) is 0. The fourth-order valence-electron chi connectivity index (χ4n) is 2.43. The van der Waals surface area contributed by atoms with E-state index in [1.54, 1.807) is 17.0 Å². The zero-order chi connectivity index (χ0) is 15.5. The quantitative estimate of drug-likeness (QED) is 0.934. The van der Waals surface area contributed by atoms with E-state index in [1.165, 1.54) is 12.1 Å². The highest BCUT2D eigenvalue weighted by molar-refractivity contribution is 5.99. The van der Waals surface area contributed by atoms with Gasteiger partial charge in [0.1, 0.15) is 18.2 Å². The topological polar surface area (TPSA) is 55.6 Å². The second-order valence-electron chi connectivity index (χ2n) is 5.29. The third kappa shape index (κ3) is 4.00. The largest absolute Gasteiger partial charge is 0.489 e. The Morgan fingerprint density at radius 1 is 1.13 bits per heavy atom. The number of nitrogens with zero attached hydrogens (tertiary/aromatic N) is 1. The summed E-state index contributed by atoms with van der Waals surface area (Å²) in [7, 11) is 0. The van der Waals surface area contributed by atoms with Gasteiger partial charge >= 0.3 is 0 Å². The lowest BCUT2D eigenvalue weighted by atomic mass is 10.2. The molecule has 0 aromatic heterocycles. The molecule has 1 saturated heterocycles. The SMILES string of the molecule is Cl.NC1CCN(c2ccc(OCc3ccc(F)cc3)cc2)C1=O. The molecule has 1 amide bonds. The third-order valence-corrected chi connectivity index (χ3v) is 3.71. The van der Waals surface area contributed by atoms with E-state index in [9.17, 15) is 9.18 Å². The fraction of sp³-hybridized carbons (Fsp3) is 0.235. The van der Waals surface area contributed by atoms with Crippen LogP contribution in [0.4, 0.5) is 10.1 Å². The molecule has 0 aliphatic carbocycles. The summed E-state index contributed by atoms with van der Waals surface area (Å²) in [4.78, 5) is 13.6. The Hall–Kier alpha value is -2.11. The number of anilines is 1. The van der Waals surface area contributed by atoms with Gasteiger partial charge in [0.25, 0.3) is 0 Å². The van der Waals surface area contributed by atoms with Gasteiger partial charge in [-0.1, -0.05) is 12.1 Å². The van der Waals surface area contributed by atoms with Crippen LogP contribution in [0.5, 0.6) is 5.75 Å². The second kappa shape index (κ2) is 7.44. The highest BCUT2D eigenvalue weighted by Crippen LogP contribution is 2.24. The Morgan fingerprint density at radius 2 is 1.78 bits per heavy atom. The lowest BCUT2D eigenvalue weighted by Crippen LogP contribution is -2.33. The highest BCUT2D eigenvalue weighted by Gasteiger charge is 2.29. The van der Waals surface area contributed by atoms with Crippen molar-refractivity contribution in [3.8, 4) is 5.75 Å². The maximum absolute atomic E-state index is 12.8. The van der Waals surface area contributed by atoms with Gasteiger partial charge in [-0.25, -0.2) is 4.39 Å². The molecule has 0 bridgehead atoms. The van der Waals surface area contributed by atoms with Crippen LogP contribution in [0, 0.1) is 5.82 Å². The Balaban J connectivity index is 0.00000192. The van der Waals surface area contributed by atoms with E-state index in [0.717, 1.165) is 11.3 Å². The number of nitrogens with two attached hydrogens (primary N) is 1. The number of carbonyl (C=O) groups excluding carboxylic acids is 1. The molecule has 1 atom stereocenters. The van der Waals surface area contributed by atoms with Crippen LogP contribution in [-0.2, 0) is 11.4 Å². The molecule has 1 fully saturated rings. The van der Waals surface area contributed by atoms with Crippen LogP contribution in [0.3, 0.4) is 0 Å². The van der Waals surface area contributed by atoms with Crippen LogP contribution in [0.1, 0.15) is 12.0 Å². The summed E-state index contributed by atoms with van der Waals surface area (Å²) in [6.45, 7) is 1.02. The van der Waals surface area contributed by atoms with Crippen molar-refractivity contribution in [1.29, 1.82) is 0 Å². The second-order valence-corrected chi connectivity index (χ2v) is 5.29. The molecule has 23 heavy (non-hydrogen) atoms. The Labute approximate surface area is 140 Å². The summed E-state index contributed by atoms with van der Waals surface area (Å²) in [6, 6.07) is 13.1. The summed E-state index contributed by atoms with van der Waals surface area (Å²) in [6.07, 6.45) is 0.682. The van der Waals surface area contributed by atoms with Gasteiger partial charge in [-0.05, 0) is 48.4 Å². The summed E-state index contributed by atoms with van der Waals surface area (Å²) in [5.41, 5.74) is 7.44. The average Bonchev–Trinajstić information content (AvgIpc) is 2.87. The zero-order valence-electron chi connectivity index (χ0n) is 12.4. The Kier molecular flexibility index (Phi) is 5.58. The lowest BCUT2D eigenvalue weighted by molar-refractivity contribution is -0.118. The van der Waals surface area contributed by atoms with Gasteiger partial charge in [-0.3, -0.25) is 4.79 Å². The monoisotopic (exact) mass is 336 g/mol. The van der Waals surface area contributed by atoms with Crippen LogP contribution in [-0.4, -0.2) is 18.5 Å². The van der Waals surface area contributed by atoms with Crippen molar-refractivity contribution < 1.29 is 13.9 Å². The summed E-state index contributed by atoms with van der Waals surface area (Å²) in [5.74, 6) is 0.394. The molecule has 1 aliphatic heterocycles. The van der Waals surface area contributed by atoms with Gasteiger partial charge in [0, 0.05) is 12.2 Å². The van der Waals surface area contributed by atoms with E-state index in [1.807, 2.05) is 24.3 Å². The van der Waals surface area contributed by atoms with Crippen LogP contribution >= 0.6 is 12.4 Å². The molecule has 2 aromatic carbocycles. The van der Waals surface area contributed by atoms with E-state index >= 15 is 0 Å². The maximum Gasteiger partial charge on any atom is 0.243 e. The van der Waals surface area contributed by atoms with Gasteiger partial charge in [0.2, 0.25) is 5.91 Å². The predicted molar refractivity (Wildman–Crippen MR) is 89.4 cm³/mol. The lowest BCUT2D eigenvalue weighted by Gasteiger charge is -2.16. The van der Waals surface area contributed by atoms with E-state index in [-0.39, 0.29) is 24.1 Å². The number of halogens is 2. The van der Waals surface area contributed by atoms with Crippen molar-refractivity contribution in [2.75, 3.05) is 11.4 Å². The van der Waals surface area contributed by atoms with E-state index in [0.29, 0.717) is 25.3 Å². The summed E-state index contributed by atoms with van der Waals surface area (Å²) >= 11 is 0. The van der Waals surface area contributed by atoms with Crippen LogP contribution in [0.2, 0.25) is 0 Å². The van der Waals surface area contributed by atoms with Crippen molar-refractivity contribution in [3.63, 3.8) is 0 Å². The molecule has 1 unspecified atom stereocenters. The molecule has 122 valence electrons. The number of rotatable bonds is 4. The number of hydrogen-bond acceptors (Lipinski definition) is 3. The van der Waals surface area contributed by atoms with Crippen molar-refractivity contribution in [2.24, 2.45) is 5.73 Å². The molecule has 6 heteroatoms. The van der Waals surface area contributed by atoms with Crippen molar-refractivity contribution in [1.82, 2.24) is 0 Å². The van der Waals surface area contributed by atoms with E-state index in [2.05, 4.69) is 0 Å². The summed E-state index contributed by atoms with van der Waals surface area (Å²) < 4.78 is 18.5. The molecule has 1 aliphatic rings. The van der Waals surface area contributed by atoms with Gasteiger partial charge in [0.15, 0.2) is 0 Å². The Morgan fingerprint density at radius 3 is 2.35 bits per heavy atom. The van der Waals surface area contributed by atoms with Gasteiger partial charge in [-0.15, -0.1) is 12.4 Å². The minimum Gasteiger partial charge on any atom is -0.489 e. The van der Waals surface area contributed by atoms with E-state index in [4.69, 9.17) is 10.5 Å². The van der Waals surface area contributed by atoms with Gasteiger partial charge in [0.05, 0.1) is 6.04 Å². The molecule has 0 spiro atoms. The molecule has 3 rings (SSSR count). The maximum atomic E-state index is 12.8. The molecule has 0 radical (unpaired) electrons. The van der Waals surface area contributed by atoms with Crippen LogP contribution in [0.25, 0.3) is 0 Å². The molecule has 1 heterocycles. The van der Waals surface area contributed by atoms with Crippen LogP contribution in [0.15, 0.2) is 48.5 Å². The minimum atomic E-state index is -0.394. The van der Waals surface area contributed by atoms with Crippen molar-refractivity contribution >= 4 is 24.0 Å². The first-order valence-corrected chi connectivity index (χ1v) is 7.18. The normalized spacial score (nSPS) is 17.0. The highest BCUT2D eigenvalue weighted by atomic mass is 35.5.